The summed E-state index contributed by atoms with van der Waals surface area (Å²) in [7, 11) is 1.65. The Bertz CT molecular complexity index is 753. The molecule has 0 bridgehead atoms. The Morgan fingerprint density at radius 3 is 2.48 bits per heavy atom. The van der Waals surface area contributed by atoms with E-state index in [-0.39, 0.29) is 11.9 Å². The van der Waals surface area contributed by atoms with E-state index in [4.69, 9.17) is 4.74 Å². The number of carbonyl (C=O) groups excluding carboxylic acids is 1. The van der Waals surface area contributed by atoms with E-state index in [0.717, 1.165) is 29.8 Å². The Morgan fingerprint density at radius 2 is 1.81 bits per heavy atom. The third-order valence-electron chi connectivity index (χ3n) is 4.89. The zero-order chi connectivity index (χ0) is 19.1. The molecule has 6 nitrogen and oxygen atoms in total. The summed E-state index contributed by atoms with van der Waals surface area (Å²) < 4.78 is 5.17. The fourth-order valence-electron chi connectivity index (χ4n) is 3.37. The molecule has 27 heavy (non-hydrogen) atoms. The maximum atomic E-state index is 12.6. The predicted molar refractivity (Wildman–Crippen MR) is 106 cm³/mol. The fraction of sp³-hybridized carbons (Fsp3) is 0.476. The first-order valence-electron chi connectivity index (χ1n) is 9.67. The zero-order valence-electron chi connectivity index (χ0n) is 16.1. The van der Waals surface area contributed by atoms with Gasteiger partial charge < -0.3 is 15.4 Å². The van der Waals surface area contributed by atoms with Gasteiger partial charge in [0.1, 0.15) is 11.4 Å². The van der Waals surface area contributed by atoms with Crippen LogP contribution in [0, 0.1) is 6.92 Å². The predicted octanol–water partition coefficient (Wildman–Crippen LogP) is 3.86. The van der Waals surface area contributed by atoms with Gasteiger partial charge in [0.05, 0.1) is 7.11 Å². The van der Waals surface area contributed by atoms with Gasteiger partial charge in [-0.15, -0.1) is 0 Å². The molecule has 1 amide bonds. The molecule has 2 aromatic rings. The Morgan fingerprint density at radius 1 is 1.11 bits per heavy atom. The Hall–Kier alpha value is -2.63. The molecule has 0 unspecified atom stereocenters. The molecule has 1 fully saturated rings. The van der Waals surface area contributed by atoms with Gasteiger partial charge in [-0.1, -0.05) is 37.8 Å². The number of nitrogens with one attached hydrogen (secondary N) is 2. The number of benzene rings is 1. The van der Waals surface area contributed by atoms with Crippen molar-refractivity contribution in [3.05, 3.63) is 47.3 Å². The minimum absolute atomic E-state index is 0.111. The Kier molecular flexibility index (Phi) is 6.63. The van der Waals surface area contributed by atoms with Crippen molar-refractivity contribution in [3.63, 3.8) is 0 Å². The van der Waals surface area contributed by atoms with Crippen molar-refractivity contribution in [2.24, 2.45) is 0 Å². The van der Waals surface area contributed by atoms with Crippen molar-refractivity contribution in [1.29, 1.82) is 0 Å². The number of carbonyl (C=O) groups is 1. The number of amides is 1. The molecule has 3 rings (SSSR count). The van der Waals surface area contributed by atoms with Crippen LogP contribution in [0.25, 0.3) is 0 Å². The largest absolute Gasteiger partial charge is 0.497 e. The SMILES string of the molecule is COc1ccc(CNc2nc(C)cc(C(=O)NC3CCCCCC3)n2)cc1. The van der Waals surface area contributed by atoms with E-state index in [9.17, 15) is 4.79 Å². The zero-order valence-corrected chi connectivity index (χ0v) is 16.1. The van der Waals surface area contributed by atoms with Crippen LogP contribution in [0.5, 0.6) is 5.75 Å². The van der Waals surface area contributed by atoms with Crippen molar-refractivity contribution >= 4 is 11.9 Å². The van der Waals surface area contributed by atoms with Crippen molar-refractivity contribution in [1.82, 2.24) is 15.3 Å². The maximum Gasteiger partial charge on any atom is 0.270 e. The van der Waals surface area contributed by atoms with Crippen molar-refractivity contribution in [3.8, 4) is 5.75 Å². The van der Waals surface area contributed by atoms with Gasteiger partial charge in [-0.2, -0.15) is 0 Å². The third kappa shape index (κ3) is 5.67. The van der Waals surface area contributed by atoms with E-state index in [2.05, 4.69) is 20.6 Å². The molecule has 144 valence electrons. The topological polar surface area (TPSA) is 76.1 Å². The first-order chi connectivity index (χ1) is 13.1. The molecule has 1 aliphatic carbocycles. The lowest BCUT2D eigenvalue weighted by molar-refractivity contribution is 0.0928. The minimum atomic E-state index is -0.111. The fourth-order valence-corrected chi connectivity index (χ4v) is 3.37. The van der Waals surface area contributed by atoms with Crippen LogP contribution in [0.15, 0.2) is 30.3 Å². The van der Waals surface area contributed by atoms with E-state index in [0.29, 0.717) is 18.2 Å². The van der Waals surface area contributed by atoms with Crippen LogP contribution in [0.4, 0.5) is 5.95 Å². The van der Waals surface area contributed by atoms with E-state index < -0.39 is 0 Å². The van der Waals surface area contributed by atoms with Crippen molar-refractivity contribution in [2.45, 2.75) is 58.0 Å². The summed E-state index contributed by atoms with van der Waals surface area (Å²) in [5, 5.41) is 6.35. The maximum absolute atomic E-state index is 12.6. The van der Waals surface area contributed by atoms with Gasteiger partial charge in [0, 0.05) is 18.3 Å². The van der Waals surface area contributed by atoms with Gasteiger partial charge in [-0.3, -0.25) is 4.79 Å². The van der Waals surface area contributed by atoms with E-state index in [1.165, 1.54) is 25.7 Å². The van der Waals surface area contributed by atoms with Crippen LogP contribution < -0.4 is 15.4 Å². The highest BCUT2D eigenvalue weighted by molar-refractivity contribution is 5.92. The number of anilines is 1. The van der Waals surface area contributed by atoms with Crippen LogP contribution in [0.1, 0.15) is 60.3 Å². The molecule has 1 aliphatic rings. The van der Waals surface area contributed by atoms with Crippen LogP contribution in [0.3, 0.4) is 0 Å². The summed E-state index contributed by atoms with van der Waals surface area (Å²) in [6.45, 7) is 2.46. The molecule has 0 spiro atoms. The van der Waals surface area contributed by atoms with Crippen LogP contribution in [-0.2, 0) is 6.54 Å². The first-order valence-corrected chi connectivity index (χ1v) is 9.67. The molecule has 0 atom stereocenters. The van der Waals surface area contributed by atoms with Gasteiger partial charge in [-0.25, -0.2) is 9.97 Å². The second-order valence-corrected chi connectivity index (χ2v) is 7.08. The number of rotatable bonds is 6. The van der Waals surface area contributed by atoms with Gasteiger partial charge in [0.25, 0.3) is 5.91 Å². The van der Waals surface area contributed by atoms with Gasteiger partial charge >= 0.3 is 0 Å². The Balaban J connectivity index is 1.63. The summed E-state index contributed by atoms with van der Waals surface area (Å²) in [6.07, 6.45) is 7.00. The third-order valence-corrected chi connectivity index (χ3v) is 4.89. The van der Waals surface area contributed by atoms with Crippen molar-refractivity contribution in [2.75, 3.05) is 12.4 Å². The molecule has 1 aromatic heterocycles. The molecule has 1 saturated carbocycles. The number of methoxy groups -OCH3 is 1. The summed E-state index contributed by atoms with van der Waals surface area (Å²) in [4.78, 5) is 21.4. The number of aryl methyl sites for hydroxylation is 1. The number of hydrogen-bond donors (Lipinski definition) is 2. The number of nitrogens with zero attached hydrogens (tertiary/aromatic N) is 2. The monoisotopic (exact) mass is 368 g/mol. The van der Waals surface area contributed by atoms with Gasteiger partial charge in [0.2, 0.25) is 5.95 Å². The number of hydrogen-bond acceptors (Lipinski definition) is 5. The molecule has 0 radical (unpaired) electrons. The lowest BCUT2D eigenvalue weighted by atomic mass is 10.1. The molecular weight excluding hydrogens is 340 g/mol. The lowest BCUT2D eigenvalue weighted by Crippen LogP contribution is -2.35. The normalized spacial score (nSPS) is 15.0. The quantitative estimate of drug-likeness (QED) is 0.757. The minimum Gasteiger partial charge on any atom is -0.497 e. The molecule has 1 heterocycles. The average molecular weight is 368 g/mol. The summed E-state index contributed by atoms with van der Waals surface area (Å²) in [6, 6.07) is 9.80. The van der Waals surface area contributed by atoms with Crippen LogP contribution >= 0.6 is 0 Å². The molecule has 6 heteroatoms. The second kappa shape index (κ2) is 9.35. The summed E-state index contributed by atoms with van der Waals surface area (Å²) in [5.74, 6) is 1.18. The van der Waals surface area contributed by atoms with E-state index >= 15 is 0 Å². The molecule has 2 N–H and O–H groups in total. The molecular formula is C21H28N4O2. The number of ether oxygens (including phenoxy) is 1. The van der Waals surface area contributed by atoms with E-state index in [1.807, 2.05) is 31.2 Å². The molecule has 1 aromatic carbocycles. The Labute approximate surface area is 160 Å². The van der Waals surface area contributed by atoms with Gasteiger partial charge in [-0.05, 0) is 43.5 Å². The highest BCUT2D eigenvalue weighted by atomic mass is 16.5. The van der Waals surface area contributed by atoms with Crippen LogP contribution in [-0.4, -0.2) is 29.0 Å². The summed E-state index contributed by atoms with van der Waals surface area (Å²) in [5.41, 5.74) is 2.28. The highest BCUT2D eigenvalue weighted by Crippen LogP contribution is 2.18. The lowest BCUT2D eigenvalue weighted by Gasteiger charge is -2.16. The highest BCUT2D eigenvalue weighted by Gasteiger charge is 2.17. The smallest absolute Gasteiger partial charge is 0.270 e. The molecule has 0 aliphatic heterocycles. The van der Waals surface area contributed by atoms with Crippen molar-refractivity contribution < 1.29 is 9.53 Å². The van der Waals surface area contributed by atoms with Gasteiger partial charge in [0.15, 0.2) is 0 Å². The van der Waals surface area contributed by atoms with Crippen LogP contribution in [0.2, 0.25) is 0 Å². The first kappa shape index (κ1) is 19.1. The summed E-state index contributed by atoms with van der Waals surface area (Å²) >= 11 is 0. The number of aromatic nitrogens is 2. The standard InChI is InChI=1S/C21H28N4O2/c1-15-13-19(20(26)24-17-7-5-3-4-6-8-17)25-21(23-15)22-14-16-9-11-18(27-2)12-10-16/h9-13,17H,3-8,14H2,1-2H3,(H,24,26)(H,22,23,25). The second-order valence-electron chi connectivity index (χ2n) is 7.08. The average Bonchev–Trinajstić information content (AvgIpc) is 2.95. The molecule has 0 saturated heterocycles. The van der Waals surface area contributed by atoms with E-state index in [1.54, 1.807) is 13.2 Å².